The summed E-state index contributed by atoms with van der Waals surface area (Å²) in [5, 5.41) is 5.07. The molecule has 0 aliphatic rings. The molecule has 0 spiro atoms. The second-order valence-electron chi connectivity index (χ2n) is 3.86. The number of nitrogens with two attached hydrogens (primary N) is 1. The number of methoxy groups -OCH3 is 1. The van der Waals surface area contributed by atoms with Gasteiger partial charge in [-0.1, -0.05) is 6.07 Å². The van der Waals surface area contributed by atoms with Crippen LogP contribution < -0.4 is 16.0 Å². The van der Waals surface area contributed by atoms with E-state index in [1.54, 1.807) is 18.0 Å². The maximum absolute atomic E-state index is 5.41. The molecule has 0 amide bonds. The average Bonchev–Trinajstić information content (AvgIpc) is 2.91. The molecule has 0 saturated carbocycles. The van der Waals surface area contributed by atoms with E-state index >= 15 is 0 Å². The van der Waals surface area contributed by atoms with Crippen molar-refractivity contribution in [2.45, 2.75) is 0 Å². The number of anilines is 1. The van der Waals surface area contributed by atoms with Crippen molar-refractivity contribution in [1.82, 2.24) is 19.7 Å². The predicted octanol–water partition coefficient (Wildman–Crippen LogP) is 1.11. The number of fused-ring (bicyclic) bond motifs is 1. The van der Waals surface area contributed by atoms with Crippen molar-refractivity contribution in [1.29, 1.82) is 0 Å². The quantitative estimate of drug-likeness (QED) is 0.539. The summed E-state index contributed by atoms with van der Waals surface area (Å²) < 4.78 is 6.91. The van der Waals surface area contributed by atoms with E-state index in [1.807, 2.05) is 24.3 Å². The highest BCUT2D eigenvalue weighted by Crippen LogP contribution is 2.22. The van der Waals surface area contributed by atoms with Gasteiger partial charge in [0, 0.05) is 6.07 Å². The van der Waals surface area contributed by atoms with Crippen molar-refractivity contribution < 1.29 is 4.74 Å². The number of ether oxygens (including phenoxy) is 1. The van der Waals surface area contributed by atoms with Gasteiger partial charge in [0.25, 0.3) is 0 Å². The molecule has 0 unspecified atom stereocenters. The van der Waals surface area contributed by atoms with Crippen LogP contribution in [0.1, 0.15) is 0 Å². The number of hydrazine groups is 1. The van der Waals surface area contributed by atoms with Crippen LogP contribution in [0.5, 0.6) is 5.75 Å². The molecular formula is C12H12N6O. The molecule has 0 saturated heterocycles. The minimum atomic E-state index is 0.541. The Morgan fingerprint density at radius 3 is 3.00 bits per heavy atom. The van der Waals surface area contributed by atoms with Gasteiger partial charge in [0.1, 0.15) is 12.1 Å². The fourth-order valence-corrected chi connectivity index (χ4v) is 1.89. The van der Waals surface area contributed by atoms with Crippen LogP contribution in [0, 0.1) is 0 Å². The summed E-state index contributed by atoms with van der Waals surface area (Å²) >= 11 is 0. The SMILES string of the molecule is COc1cccc(-n2ncc3c(NN)ncnc32)c1. The summed E-state index contributed by atoms with van der Waals surface area (Å²) in [7, 11) is 1.62. The first-order chi connectivity index (χ1) is 9.33. The van der Waals surface area contributed by atoms with Crippen LogP contribution in [0.2, 0.25) is 0 Å². The normalized spacial score (nSPS) is 10.6. The third-order valence-corrected chi connectivity index (χ3v) is 2.80. The molecule has 0 fully saturated rings. The molecule has 7 heteroatoms. The minimum absolute atomic E-state index is 0.541. The van der Waals surface area contributed by atoms with Crippen LogP contribution in [0.4, 0.5) is 5.82 Å². The largest absolute Gasteiger partial charge is 0.497 e. The third-order valence-electron chi connectivity index (χ3n) is 2.80. The van der Waals surface area contributed by atoms with Crippen LogP contribution in [0.15, 0.2) is 36.8 Å². The van der Waals surface area contributed by atoms with Gasteiger partial charge in [-0.25, -0.2) is 20.5 Å². The lowest BCUT2D eigenvalue weighted by atomic mass is 10.3. The minimum Gasteiger partial charge on any atom is -0.497 e. The molecule has 7 nitrogen and oxygen atoms in total. The van der Waals surface area contributed by atoms with Crippen molar-refractivity contribution in [2.24, 2.45) is 5.84 Å². The van der Waals surface area contributed by atoms with Gasteiger partial charge >= 0.3 is 0 Å². The molecular weight excluding hydrogens is 244 g/mol. The molecule has 0 aliphatic carbocycles. The van der Waals surface area contributed by atoms with Gasteiger partial charge in [0.15, 0.2) is 11.5 Å². The van der Waals surface area contributed by atoms with Gasteiger partial charge in [-0.2, -0.15) is 5.10 Å². The van der Waals surface area contributed by atoms with Gasteiger partial charge < -0.3 is 10.2 Å². The topological polar surface area (TPSA) is 90.9 Å². The highest BCUT2D eigenvalue weighted by molar-refractivity contribution is 5.86. The Balaban J connectivity index is 2.20. The Kier molecular flexibility index (Phi) is 2.73. The predicted molar refractivity (Wildman–Crippen MR) is 71.0 cm³/mol. The van der Waals surface area contributed by atoms with Crippen molar-refractivity contribution in [3.8, 4) is 11.4 Å². The molecule has 0 bridgehead atoms. The number of nitrogens with zero attached hydrogens (tertiary/aromatic N) is 4. The number of nitrogen functional groups attached to an aromatic ring is 1. The molecule has 0 aliphatic heterocycles. The highest BCUT2D eigenvalue weighted by atomic mass is 16.5. The van der Waals surface area contributed by atoms with Crippen molar-refractivity contribution >= 4 is 16.9 Å². The van der Waals surface area contributed by atoms with Crippen molar-refractivity contribution in [3.63, 3.8) is 0 Å². The maximum Gasteiger partial charge on any atom is 0.168 e. The van der Waals surface area contributed by atoms with Gasteiger partial charge in [-0.15, -0.1) is 0 Å². The van der Waals surface area contributed by atoms with Gasteiger partial charge in [-0.05, 0) is 12.1 Å². The summed E-state index contributed by atoms with van der Waals surface area (Å²) in [4.78, 5) is 8.28. The lowest BCUT2D eigenvalue weighted by molar-refractivity contribution is 0.414. The number of aromatic nitrogens is 4. The Morgan fingerprint density at radius 2 is 2.21 bits per heavy atom. The van der Waals surface area contributed by atoms with Crippen LogP contribution in [-0.2, 0) is 0 Å². The smallest absolute Gasteiger partial charge is 0.168 e. The fourth-order valence-electron chi connectivity index (χ4n) is 1.89. The van der Waals surface area contributed by atoms with Crippen LogP contribution in [-0.4, -0.2) is 26.9 Å². The van der Waals surface area contributed by atoms with E-state index in [-0.39, 0.29) is 0 Å². The molecule has 0 atom stereocenters. The number of nitrogens with one attached hydrogen (secondary N) is 1. The molecule has 19 heavy (non-hydrogen) atoms. The average molecular weight is 256 g/mol. The zero-order valence-electron chi connectivity index (χ0n) is 10.2. The summed E-state index contributed by atoms with van der Waals surface area (Å²) in [5.41, 5.74) is 4.06. The van der Waals surface area contributed by atoms with E-state index in [2.05, 4.69) is 20.5 Å². The first-order valence-corrected chi connectivity index (χ1v) is 5.63. The summed E-state index contributed by atoms with van der Waals surface area (Å²) in [5.74, 6) is 6.71. The van der Waals surface area contributed by atoms with E-state index < -0.39 is 0 Å². The molecule has 2 aromatic heterocycles. The van der Waals surface area contributed by atoms with Crippen molar-refractivity contribution in [3.05, 3.63) is 36.8 Å². The van der Waals surface area contributed by atoms with Gasteiger partial charge in [-0.3, -0.25) is 0 Å². The highest BCUT2D eigenvalue weighted by Gasteiger charge is 2.10. The first kappa shape index (κ1) is 11.4. The van der Waals surface area contributed by atoms with E-state index in [1.165, 1.54) is 6.33 Å². The Bertz CT molecular complexity index is 723. The zero-order chi connectivity index (χ0) is 13.2. The summed E-state index contributed by atoms with van der Waals surface area (Å²) in [6.07, 6.45) is 3.11. The molecule has 0 radical (unpaired) electrons. The number of benzene rings is 1. The third kappa shape index (κ3) is 1.85. The standard InChI is InChI=1S/C12H12N6O/c1-19-9-4-2-3-8(5-9)18-12-10(6-16-18)11(17-13)14-7-15-12/h2-7H,13H2,1H3,(H,14,15,17). The Morgan fingerprint density at radius 1 is 1.32 bits per heavy atom. The number of hydrogen-bond acceptors (Lipinski definition) is 6. The van der Waals surface area contributed by atoms with Crippen LogP contribution in [0.3, 0.4) is 0 Å². The lowest BCUT2D eigenvalue weighted by Crippen LogP contribution is -2.09. The van der Waals surface area contributed by atoms with E-state index in [4.69, 9.17) is 10.6 Å². The van der Waals surface area contributed by atoms with Gasteiger partial charge in [0.05, 0.1) is 24.4 Å². The first-order valence-electron chi connectivity index (χ1n) is 5.63. The fraction of sp³-hybridized carbons (Fsp3) is 0.0833. The Hall–Kier alpha value is -2.67. The van der Waals surface area contributed by atoms with Crippen LogP contribution >= 0.6 is 0 Å². The number of hydrogen-bond donors (Lipinski definition) is 2. The number of rotatable bonds is 3. The molecule has 3 rings (SSSR count). The zero-order valence-corrected chi connectivity index (χ0v) is 10.2. The van der Waals surface area contributed by atoms with E-state index in [0.717, 1.165) is 16.8 Å². The Labute approximate surface area is 109 Å². The summed E-state index contributed by atoms with van der Waals surface area (Å²) in [6, 6.07) is 7.57. The van der Waals surface area contributed by atoms with Crippen LogP contribution in [0.25, 0.3) is 16.7 Å². The van der Waals surface area contributed by atoms with E-state index in [9.17, 15) is 0 Å². The second-order valence-corrected chi connectivity index (χ2v) is 3.86. The maximum atomic E-state index is 5.41. The lowest BCUT2D eigenvalue weighted by Gasteiger charge is -2.05. The molecule has 1 aromatic carbocycles. The second kappa shape index (κ2) is 4.54. The molecule has 3 aromatic rings. The monoisotopic (exact) mass is 256 g/mol. The molecule has 96 valence electrons. The summed E-state index contributed by atoms with van der Waals surface area (Å²) in [6.45, 7) is 0. The molecule has 3 N–H and O–H groups in total. The van der Waals surface area contributed by atoms with Crippen molar-refractivity contribution in [2.75, 3.05) is 12.5 Å². The van der Waals surface area contributed by atoms with E-state index in [0.29, 0.717) is 11.5 Å². The molecule has 2 heterocycles. The van der Waals surface area contributed by atoms with Gasteiger partial charge in [0.2, 0.25) is 0 Å².